The van der Waals surface area contributed by atoms with Crippen LogP contribution in [0.15, 0.2) is 12.1 Å². The van der Waals surface area contributed by atoms with E-state index in [9.17, 15) is 0 Å². The van der Waals surface area contributed by atoms with Crippen molar-refractivity contribution in [1.29, 1.82) is 0 Å². The van der Waals surface area contributed by atoms with Crippen LogP contribution in [0.4, 0.5) is 5.82 Å². The first kappa shape index (κ1) is 16.2. The SMILES string of the molecule is CCCc1cc(CN)cc(N2CCN(CC(C)C)CC2)n1. The van der Waals surface area contributed by atoms with Crippen molar-refractivity contribution in [2.24, 2.45) is 11.7 Å². The second-order valence-electron chi connectivity index (χ2n) is 6.46. The molecule has 0 radical (unpaired) electrons. The van der Waals surface area contributed by atoms with Crippen LogP contribution in [-0.4, -0.2) is 42.6 Å². The molecule has 0 unspecified atom stereocenters. The van der Waals surface area contributed by atoms with Gasteiger partial charge in [0.05, 0.1) is 0 Å². The first-order valence-electron chi connectivity index (χ1n) is 8.29. The zero-order valence-corrected chi connectivity index (χ0v) is 13.8. The Morgan fingerprint density at radius 2 is 1.90 bits per heavy atom. The summed E-state index contributed by atoms with van der Waals surface area (Å²) in [5.74, 6) is 1.86. The standard InChI is InChI=1S/C17H30N4/c1-4-5-16-10-15(12-18)11-17(19-16)21-8-6-20(7-9-21)13-14(2)3/h10-11,14H,4-9,12-13,18H2,1-3H3. The summed E-state index contributed by atoms with van der Waals surface area (Å²) in [5, 5.41) is 0. The lowest BCUT2D eigenvalue weighted by atomic mass is 10.1. The van der Waals surface area contributed by atoms with Crippen LogP contribution < -0.4 is 10.6 Å². The smallest absolute Gasteiger partial charge is 0.129 e. The van der Waals surface area contributed by atoms with E-state index < -0.39 is 0 Å². The Bertz CT molecular complexity index is 436. The van der Waals surface area contributed by atoms with Crippen LogP contribution >= 0.6 is 0 Å². The van der Waals surface area contributed by atoms with E-state index in [-0.39, 0.29) is 0 Å². The molecular weight excluding hydrogens is 260 g/mol. The lowest BCUT2D eigenvalue weighted by molar-refractivity contribution is 0.231. The highest BCUT2D eigenvalue weighted by Crippen LogP contribution is 2.18. The Balaban J connectivity index is 2.03. The van der Waals surface area contributed by atoms with Gasteiger partial charge in [0.1, 0.15) is 5.82 Å². The molecule has 1 saturated heterocycles. The molecule has 4 nitrogen and oxygen atoms in total. The molecule has 2 heterocycles. The highest BCUT2D eigenvalue weighted by molar-refractivity contribution is 5.43. The van der Waals surface area contributed by atoms with Gasteiger partial charge in [-0.2, -0.15) is 0 Å². The summed E-state index contributed by atoms with van der Waals surface area (Å²) in [6.45, 7) is 13.0. The second-order valence-corrected chi connectivity index (χ2v) is 6.46. The molecule has 1 aromatic rings. The predicted octanol–water partition coefficient (Wildman–Crippen LogP) is 2.27. The Labute approximate surface area is 129 Å². The number of nitrogens with zero attached hydrogens (tertiary/aromatic N) is 3. The minimum absolute atomic E-state index is 0.597. The normalized spacial score (nSPS) is 16.7. The molecule has 0 amide bonds. The molecule has 0 atom stereocenters. The third-order valence-electron chi connectivity index (χ3n) is 3.99. The van der Waals surface area contributed by atoms with Crippen molar-refractivity contribution in [2.45, 2.75) is 40.2 Å². The molecule has 118 valence electrons. The van der Waals surface area contributed by atoms with E-state index in [0.717, 1.165) is 50.8 Å². The summed E-state index contributed by atoms with van der Waals surface area (Å²) >= 11 is 0. The summed E-state index contributed by atoms with van der Waals surface area (Å²) in [5.41, 5.74) is 8.22. The van der Waals surface area contributed by atoms with Crippen LogP contribution in [0.3, 0.4) is 0 Å². The second kappa shape index (κ2) is 7.76. The molecule has 4 heteroatoms. The minimum Gasteiger partial charge on any atom is -0.354 e. The quantitative estimate of drug-likeness (QED) is 0.873. The third kappa shape index (κ3) is 4.68. The van der Waals surface area contributed by atoms with Gasteiger partial charge in [0.15, 0.2) is 0 Å². The highest BCUT2D eigenvalue weighted by Gasteiger charge is 2.19. The van der Waals surface area contributed by atoms with E-state index in [2.05, 4.69) is 42.7 Å². The van der Waals surface area contributed by atoms with Gasteiger partial charge in [0.25, 0.3) is 0 Å². The number of anilines is 1. The van der Waals surface area contributed by atoms with Crippen molar-refractivity contribution < 1.29 is 0 Å². The number of rotatable bonds is 6. The molecule has 0 spiro atoms. The maximum Gasteiger partial charge on any atom is 0.129 e. The monoisotopic (exact) mass is 290 g/mol. The van der Waals surface area contributed by atoms with Crippen LogP contribution in [0.2, 0.25) is 0 Å². The van der Waals surface area contributed by atoms with Crippen molar-refractivity contribution in [1.82, 2.24) is 9.88 Å². The maximum atomic E-state index is 5.84. The molecule has 1 aliphatic rings. The van der Waals surface area contributed by atoms with Crippen molar-refractivity contribution in [2.75, 3.05) is 37.6 Å². The van der Waals surface area contributed by atoms with Gasteiger partial charge in [-0.05, 0) is 30.0 Å². The molecule has 1 fully saturated rings. The van der Waals surface area contributed by atoms with Crippen LogP contribution in [-0.2, 0) is 13.0 Å². The summed E-state index contributed by atoms with van der Waals surface area (Å²) in [4.78, 5) is 9.80. The third-order valence-corrected chi connectivity index (χ3v) is 3.99. The molecule has 0 bridgehead atoms. The lowest BCUT2D eigenvalue weighted by Crippen LogP contribution is -2.47. The largest absolute Gasteiger partial charge is 0.354 e. The number of piperazine rings is 1. The highest BCUT2D eigenvalue weighted by atomic mass is 15.3. The Morgan fingerprint density at radius 3 is 2.48 bits per heavy atom. The average molecular weight is 290 g/mol. The predicted molar refractivity (Wildman–Crippen MR) is 89.6 cm³/mol. The lowest BCUT2D eigenvalue weighted by Gasteiger charge is -2.36. The summed E-state index contributed by atoms with van der Waals surface area (Å²) in [6, 6.07) is 4.32. The topological polar surface area (TPSA) is 45.4 Å². The van der Waals surface area contributed by atoms with Gasteiger partial charge in [-0.15, -0.1) is 0 Å². The van der Waals surface area contributed by atoms with Crippen LogP contribution in [0.5, 0.6) is 0 Å². The van der Waals surface area contributed by atoms with E-state index >= 15 is 0 Å². The van der Waals surface area contributed by atoms with Gasteiger partial charge in [-0.1, -0.05) is 27.2 Å². The van der Waals surface area contributed by atoms with Crippen molar-refractivity contribution in [3.63, 3.8) is 0 Å². The first-order valence-corrected chi connectivity index (χ1v) is 8.29. The van der Waals surface area contributed by atoms with E-state index in [1.54, 1.807) is 0 Å². The number of aromatic nitrogens is 1. The summed E-state index contributed by atoms with van der Waals surface area (Å²) in [7, 11) is 0. The van der Waals surface area contributed by atoms with Crippen LogP contribution in [0, 0.1) is 5.92 Å². The Hall–Kier alpha value is -1.13. The number of hydrogen-bond donors (Lipinski definition) is 1. The van der Waals surface area contributed by atoms with Crippen molar-refractivity contribution >= 4 is 5.82 Å². The molecule has 0 aromatic carbocycles. The molecule has 1 aromatic heterocycles. The van der Waals surface area contributed by atoms with Gasteiger partial charge >= 0.3 is 0 Å². The van der Waals surface area contributed by atoms with Gasteiger partial charge in [-0.25, -0.2) is 4.98 Å². The minimum atomic E-state index is 0.597. The number of hydrogen-bond acceptors (Lipinski definition) is 4. The van der Waals surface area contributed by atoms with E-state index in [1.165, 1.54) is 17.8 Å². The van der Waals surface area contributed by atoms with Gasteiger partial charge in [0, 0.05) is 45.0 Å². The number of aryl methyl sites for hydroxylation is 1. The Kier molecular flexibility index (Phi) is 6.00. The van der Waals surface area contributed by atoms with Gasteiger partial charge in [-0.3, -0.25) is 4.90 Å². The van der Waals surface area contributed by atoms with E-state index in [4.69, 9.17) is 10.7 Å². The fourth-order valence-electron chi connectivity index (χ4n) is 2.97. The number of pyridine rings is 1. The van der Waals surface area contributed by atoms with Crippen LogP contribution in [0.25, 0.3) is 0 Å². The zero-order valence-electron chi connectivity index (χ0n) is 13.8. The molecule has 0 aliphatic carbocycles. The molecular formula is C17H30N4. The summed E-state index contributed by atoms with van der Waals surface area (Å²) < 4.78 is 0. The van der Waals surface area contributed by atoms with Crippen molar-refractivity contribution in [3.05, 3.63) is 23.4 Å². The van der Waals surface area contributed by atoms with Gasteiger partial charge < -0.3 is 10.6 Å². The van der Waals surface area contributed by atoms with Crippen LogP contribution in [0.1, 0.15) is 38.4 Å². The summed E-state index contributed by atoms with van der Waals surface area (Å²) in [6.07, 6.45) is 2.16. The fraction of sp³-hybridized carbons (Fsp3) is 0.706. The molecule has 0 saturated carbocycles. The van der Waals surface area contributed by atoms with E-state index in [1.807, 2.05) is 0 Å². The Morgan fingerprint density at radius 1 is 1.19 bits per heavy atom. The van der Waals surface area contributed by atoms with Crippen molar-refractivity contribution in [3.8, 4) is 0 Å². The maximum absolute atomic E-state index is 5.84. The zero-order chi connectivity index (χ0) is 15.2. The van der Waals surface area contributed by atoms with Gasteiger partial charge in [0.2, 0.25) is 0 Å². The first-order chi connectivity index (χ1) is 10.1. The fourth-order valence-corrected chi connectivity index (χ4v) is 2.97. The molecule has 21 heavy (non-hydrogen) atoms. The number of nitrogens with two attached hydrogens (primary N) is 1. The van der Waals surface area contributed by atoms with E-state index in [0.29, 0.717) is 6.54 Å². The molecule has 1 aliphatic heterocycles. The molecule has 2 rings (SSSR count). The average Bonchev–Trinajstić information content (AvgIpc) is 2.47. The molecule has 2 N–H and O–H groups in total.